The van der Waals surface area contributed by atoms with E-state index in [0.717, 1.165) is 0 Å². The summed E-state index contributed by atoms with van der Waals surface area (Å²) in [4.78, 5) is 59.4. The van der Waals surface area contributed by atoms with Gasteiger partial charge in [-0.1, -0.05) is 13.8 Å². The maximum absolute atomic E-state index is 12.7. The lowest BCUT2D eigenvalue weighted by molar-refractivity contribution is -0.144. The molecule has 0 aromatic rings. The molecule has 4 atom stereocenters. The van der Waals surface area contributed by atoms with Gasteiger partial charge in [-0.3, -0.25) is 19.2 Å². The van der Waals surface area contributed by atoms with Gasteiger partial charge < -0.3 is 37.0 Å². The maximum Gasteiger partial charge on any atom is 0.328 e. The van der Waals surface area contributed by atoms with Crippen molar-refractivity contribution < 1.29 is 39.3 Å². The van der Waals surface area contributed by atoms with Crippen LogP contribution in [0.15, 0.2) is 0 Å². The van der Waals surface area contributed by atoms with Crippen LogP contribution in [-0.2, 0) is 24.0 Å². The summed E-state index contributed by atoms with van der Waals surface area (Å²) in [5.74, 6) is -4.79. The van der Waals surface area contributed by atoms with Crippen molar-refractivity contribution >= 4 is 41.4 Å². The Labute approximate surface area is 184 Å². The Morgan fingerprint density at radius 1 is 0.903 bits per heavy atom. The summed E-state index contributed by atoms with van der Waals surface area (Å²) >= 11 is 1.51. The molecular formula is C18H32N4O8S. The number of nitrogens with two attached hydrogens (primary N) is 1. The number of carbonyl (C=O) groups is 5. The largest absolute Gasteiger partial charge is 0.481 e. The van der Waals surface area contributed by atoms with Gasteiger partial charge in [0.15, 0.2) is 0 Å². The number of rotatable bonds is 15. The van der Waals surface area contributed by atoms with Crippen LogP contribution in [-0.4, -0.2) is 87.8 Å². The van der Waals surface area contributed by atoms with E-state index in [9.17, 15) is 24.0 Å². The van der Waals surface area contributed by atoms with E-state index in [2.05, 4.69) is 10.6 Å². The lowest BCUT2D eigenvalue weighted by Crippen LogP contribution is -2.58. The molecule has 12 nitrogen and oxygen atoms in total. The van der Waals surface area contributed by atoms with Gasteiger partial charge in [-0.25, -0.2) is 4.79 Å². The molecule has 31 heavy (non-hydrogen) atoms. The van der Waals surface area contributed by atoms with Gasteiger partial charge in [-0.05, 0) is 30.8 Å². The number of nitrogens with one attached hydrogen (secondary N) is 3. The lowest BCUT2D eigenvalue weighted by atomic mass is 10.0. The van der Waals surface area contributed by atoms with Crippen LogP contribution in [0.25, 0.3) is 0 Å². The van der Waals surface area contributed by atoms with Crippen LogP contribution in [0.3, 0.4) is 0 Å². The molecule has 0 bridgehead atoms. The Kier molecular flexibility index (Phi) is 13.5. The van der Waals surface area contributed by atoms with Gasteiger partial charge in [-0.2, -0.15) is 11.8 Å². The fourth-order valence-electron chi connectivity index (χ4n) is 2.47. The Balaban J connectivity index is 5.38. The van der Waals surface area contributed by atoms with E-state index in [1.165, 1.54) is 11.8 Å². The zero-order valence-electron chi connectivity index (χ0n) is 17.8. The zero-order valence-corrected chi connectivity index (χ0v) is 18.6. The number of carbonyl (C=O) groups excluding carboxylic acids is 3. The van der Waals surface area contributed by atoms with Crippen molar-refractivity contribution in [1.29, 1.82) is 0 Å². The number of carboxylic acids is 2. The Bertz CT molecular complexity index is 646. The first kappa shape index (κ1) is 28.6. The normalized spacial score (nSPS) is 14.8. The molecule has 0 saturated carbocycles. The Morgan fingerprint density at radius 2 is 1.42 bits per heavy atom. The molecule has 0 spiro atoms. The number of aliphatic carboxylic acids is 2. The van der Waals surface area contributed by atoms with Crippen LogP contribution in [0.1, 0.15) is 33.1 Å². The highest BCUT2D eigenvalue weighted by Crippen LogP contribution is 2.08. The van der Waals surface area contributed by atoms with E-state index in [1.54, 1.807) is 13.8 Å². The number of thioether (sulfide) groups is 1. The van der Waals surface area contributed by atoms with Gasteiger partial charge in [0, 0.05) is 0 Å². The van der Waals surface area contributed by atoms with Crippen LogP contribution in [0.4, 0.5) is 0 Å². The third kappa shape index (κ3) is 11.5. The SMILES string of the molecule is CSCCC(N)C(=O)NC(CC(C)C)C(=O)NC(CC(=O)O)C(=O)NC(CO)C(=O)O. The minimum atomic E-state index is -1.67. The number of carboxylic acid groups (broad SMARTS) is 2. The van der Waals surface area contributed by atoms with Gasteiger partial charge >= 0.3 is 11.9 Å². The van der Waals surface area contributed by atoms with Crippen molar-refractivity contribution in [3.8, 4) is 0 Å². The molecule has 4 unspecified atom stereocenters. The topological polar surface area (TPSA) is 208 Å². The second kappa shape index (κ2) is 14.6. The predicted molar refractivity (Wildman–Crippen MR) is 113 cm³/mol. The predicted octanol–water partition coefficient (Wildman–Crippen LogP) is -1.88. The number of aliphatic hydroxyl groups is 1. The van der Waals surface area contributed by atoms with Gasteiger partial charge in [0.05, 0.1) is 19.1 Å². The van der Waals surface area contributed by atoms with Crippen LogP contribution in [0.2, 0.25) is 0 Å². The van der Waals surface area contributed by atoms with Gasteiger partial charge in [0.1, 0.15) is 18.1 Å². The van der Waals surface area contributed by atoms with Crippen molar-refractivity contribution in [2.75, 3.05) is 18.6 Å². The summed E-state index contributed by atoms with van der Waals surface area (Å²) in [5.41, 5.74) is 5.82. The average Bonchev–Trinajstić information content (AvgIpc) is 2.67. The van der Waals surface area contributed by atoms with E-state index < -0.39 is 66.9 Å². The van der Waals surface area contributed by atoms with Crippen molar-refractivity contribution in [2.45, 2.75) is 57.3 Å². The minimum absolute atomic E-state index is 0.0315. The van der Waals surface area contributed by atoms with Crippen LogP contribution in [0, 0.1) is 5.92 Å². The van der Waals surface area contributed by atoms with Gasteiger partial charge in [0.2, 0.25) is 17.7 Å². The van der Waals surface area contributed by atoms with Gasteiger partial charge in [-0.15, -0.1) is 0 Å². The van der Waals surface area contributed by atoms with E-state index in [0.29, 0.717) is 12.2 Å². The molecular weight excluding hydrogens is 432 g/mol. The van der Waals surface area contributed by atoms with E-state index in [1.807, 2.05) is 11.6 Å². The molecule has 8 N–H and O–H groups in total. The highest BCUT2D eigenvalue weighted by Gasteiger charge is 2.31. The average molecular weight is 465 g/mol. The number of hydrogen-bond donors (Lipinski definition) is 7. The lowest BCUT2D eigenvalue weighted by Gasteiger charge is -2.25. The maximum atomic E-state index is 12.7. The number of aliphatic hydroxyl groups excluding tert-OH is 1. The second-order valence-corrected chi connectivity index (χ2v) is 8.31. The quantitative estimate of drug-likeness (QED) is 0.143. The van der Waals surface area contributed by atoms with Crippen molar-refractivity contribution in [2.24, 2.45) is 11.7 Å². The fraction of sp³-hybridized carbons (Fsp3) is 0.722. The standard InChI is InChI=1S/C18H32N4O8S/c1-9(2)6-11(20-15(26)10(19)4-5-31-3)16(27)21-12(7-14(24)25)17(28)22-13(8-23)18(29)30/h9-13,23H,4-8,19H2,1-3H3,(H,20,26)(H,21,27)(H,22,28)(H,24,25)(H,29,30). The summed E-state index contributed by atoms with van der Waals surface area (Å²) in [6, 6.07) is -5.20. The van der Waals surface area contributed by atoms with Crippen molar-refractivity contribution in [1.82, 2.24) is 16.0 Å². The fourth-order valence-corrected chi connectivity index (χ4v) is 2.96. The Hall–Kier alpha value is -2.38. The first-order valence-electron chi connectivity index (χ1n) is 9.63. The van der Waals surface area contributed by atoms with E-state index >= 15 is 0 Å². The molecule has 0 saturated heterocycles. The molecule has 3 amide bonds. The van der Waals surface area contributed by atoms with Crippen LogP contribution in [0.5, 0.6) is 0 Å². The smallest absolute Gasteiger partial charge is 0.328 e. The zero-order chi connectivity index (χ0) is 24.1. The monoisotopic (exact) mass is 464 g/mol. The van der Waals surface area contributed by atoms with E-state index in [4.69, 9.17) is 21.1 Å². The van der Waals surface area contributed by atoms with Crippen molar-refractivity contribution in [3.63, 3.8) is 0 Å². The van der Waals surface area contributed by atoms with Crippen LogP contribution < -0.4 is 21.7 Å². The molecule has 0 aromatic carbocycles. The summed E-state index contributed by atoms with van der Waals surface area (Å²) in [7, 11) is 0. The molecule has 13 heteroatoms. The Morgan fingerprint density at radius 3 is 1.87 bits per heavy atom. The van der Waals surface area contributed by atoms with Gasteiger partial charge in [0.25, 0.3) is 0 Å². The second-order valence-electron chi connectivity index (χ2n) is 7.32. The van der Waals surface area contributed by atoms with E-state index in [-0.39, 0.29) is 12.3 Å². The van der Waals surface area contributed by atoms with Crippen LogP contribution >= 0.6 is 11.8 Å². The third-order valence-electron chi connectivity index (χ3n) is 4.12. The van der Waals surface area contributed by atoms with Crippen molar-refractivity contribution in [3.05, 3.63) is 0 Å². The first-order chi connectivity index (χ1) is 14.4. The number of amides is 3. The summed E-state index contributed by atoms with van der Waals surface area (Å²) in [6.07, 6.45) is 1.62. The minimum Gasteiger partial charge on any atom is -0.481 e. The molecule has 0 fully saturated rings. The molecule has 0 aliphatic carbocycles. The summed E-state index contributed by atoms with van der Waals surface area (Å²) < 4.78 is 0. The first-order valence-corrected chi connectivity index (χ1v) is 11.0. The molecule has 0 rings (SSSR count). The summed E-state index contributed by atoms with van der Waals surface area (Å²) in [6.45, 7) is 2.69. The molecule has 0 heterocycles. The molecule has 0 aromatic heterocycles. The third-order valence-corrected chi connectivity index (χ3v) is 4.76. The molecule has 0 aliphatic heterocycles. The number of hydrogen-bond acceptors (Lipinski definition) is 8. The molecule has 0 aliphatic rings. The summed E-state index contributed by atoms with van der Waals surface area (Å²) in [5, 5.41) is 33.7. The highest BCUT2D eigenvalue weighted by molar-refractivity contribution is 7.98. The molecule has 178 valence electrons. The highest BCUT2D eigenvalue weighted by atomic mass is 32.2. The molecule has 0 radical (unpaired) electrons.